The van der Waals surface area contributed by atoms with E-state index in [0.717, 1.165) is 17.4 Å². The average molecular weight is 395 g/mol. The summed E-state index contributed by atoms with van der Waals surface area (Å²) in [5, 5.41) is 0. The van der Waals surface area contributed by atoms with Gasteiger partial charge in [-0.2, -0.15) is 0 Å². The third-order valence-electron chi connectivity index (χ3n) is 7.58. The zero-order valence-electron chi connectivity index (χ0n) is 17.4. The predicted molar refractivity (Wildman–Crippen MR) is 121 cm³/mol. The van der Waals surface area contributed by atoms with E-state index >= 15 is 0 Å². The van der Waals surface area contributed by atoms with Gasteiger partial charge in [0, 0.05) is 8.80 Å². The Kier molecular flexibility index (Phi) is 6.67. The van der Waals surface area contributed by atoms with Crippen LogP contribution in [0, 0.1) is 17.7 Å². The molecule has 1 aliphatic carbocycles. The minimum absolute atomic E-state index is 0.154. The Bertz CT molecular complexity index is 737. The summed E-state index contributed by atoms with van der Waals surface area (Å²) in [5.74, 6) is 2.52. The van der Waals surface area contributed by atoms with Crippen LogP contribution in [-0.4, -0.2) is 8.80 Å². The molecule has 28 heavy (non-hydrogen) atoms. The van der Waals surface area contributed by atoms with E-state index in [4.69, 9.17) is 0 Å². The highest BCUT2D eigenvalue weighted by Gasteiger charge is 2.31. The quantitative estimate of drug-likeness (QED) is 0.454. The largest absolute Gasteiger partial charge is 0.207 e. The lowest BCUT2D eigenvalue weighted by molar-refractivity contribution is 0.216. The van der Waals surface area contributed by atoms with Gasteiger partial charge in [-0.25, -0.2) is 4.39 Å². The maximum absolute atomic E-state index is 13.3. The minimum Gasteiger partial charge on any atom is -0.207 e. The van der Waals surface area contributed by atoms with Crippen LogP contribution in [-0.2, 0) is 0 Å². The first kappa shape index (κ1) is 19.9. The fraction of sp³-hybridized carbons (Fsp3) is 0.538. The van der Waals surface area contributed by atoms with Crippen molar-refractivity contribution in [3.8, 4) is 11.1 Å². The van der Waals surface area contributed by atoms with Crippen molar-refractivity contribution in [1.82, 2.24) is 0 Å². The molecule has 1 aliphatic heterocycles. The molecule has 0 nitrogen and oxygen atoms in total. The van der Waals surface area contributed by atoms with Crippen LogP contribution >= 0.6 is 0 Å². The highest BCUT2D eigenvalue weighted by atomic mass is 28.3. The molecule has 1 heterocycles. The van der Waals surface area contributed by atoms with Crippen LogP contribution in [0.4, 0.5) is 4.39 Å². The lowest BCUT2D eigenvalue weighted by Crippen LogP contribution is -2.28. The van der Waals surface area contributed by atoms with E-state index in [9.17, 15) is 4.39 Å². The van der Waals surface area contributed by atoms with Crippen LogP contribution < -0.4 is 0 Å². The maximum Gasteiger partial charge on any atom is 0.123 e. The Hall–Kier alpha value is -1.41. The van der Waals surface area contributed by atoms with Gasteiger partial charge in [0.05, 0.1) is 0 Å². The number of hydrogen-bond acceptors (Lipinski definition) is 0. The van der Waals surface area contributed by atoms with Crippen molar-refractivity contribution < 1.29 is 4.39 Å². The summed E-state index contributed by atoms with van der Waals surface area (Å²) < 4.78 is 13.3. The average Bonchev–Trinajstić information content (AvgIpc) is 2.75. The summed E-state index contributed by atoms with van der Waals surface area (Å²) in [7, 11) is -0.352. The molecule has 0 N–H and O–H groups in total. The third kappa shape index (κ3) is 4.59. The summed E-state index contributed by atoms with van der Waals surface area (Å²) in [6.07, 6.45) is 9.97. The molecule has 1 saturated carbocycles. The first-order chi connectivity index (χ1) is 13.7. The Morgan fingerprint density at radius 2 is 1.46 bits per heavy atom. The van der Waals surface area contributed by atoms with Crippen molar-refractivity contribution in [1.29, 1.82) is 0 Å². The van der Waals surface area contributed by atoms with E-state index in [1.54, 1.807) is 43.1 Å². The second kappa shape index (κ2) is 9.39. The molecule has 1 saturated heterocycles. The molecular weight excluding hydrogens is 359 g/mol. The zero-order valence-corrected chi connectivity index (χ0v) is 18.5. The molecule has 2 fully saturated rings. The van der Waals surface area contributed by atoms with E-state index in [-0.39, 0.29) is 14.6 Å². The van der Waals surface area contributed by atoms with E-state index in [2.05, 4.69) is 31.2 Å². The van der Waals surface area contributed by atoms with Crippen LogP contribution in [0.3, 0.4) is 0 Å². The number of halogens is 1. The number of hydrogen-bond donors (Lipinski definition) is 0. The van der Waals surface area contributed by atoms with Crippen molar-refractivity contribution in [3.05, 3.63) is 59.9 Å². The van der Waals surface area contributed by atoms with Gasteiger partial charge in [0.1, 0.15) is 5.82 Å². The summed E-state index contributed by atoms with van der Waals surface area (Å²) in [4.78, 5) is 0. The first-order valence-electron chi connectivity index (χ1n) is 11.6. The highest BCUT2D eigenvalue weighted by Crippen LogP contribution is 2.45. The van der Waals surface area contributed by atoms with Crippen molar-refractivity contribution in [2.45, 2.75) is 75.9 Å². The van der Waals surface area contributed by atoms with E-state index in [1.807, 2.05) is 12.1 Å². The van der Waals surface area contributed by atoms with Gasteiger partial charge in [-0.05, 0) is 72.3 Å². The molecule has 0 radical (unpaired) electrons. The zero-order chi connectivity index (χ0) is 19.3. The Balaban J connectivity index is 1.39. The van der Waals surface area contributed by atoms with Crippen LogP contribution in [0.1, 0.15) is 63.4 Å². The maximum atomic E-state index is 13.3. The molecule has 0 bridgehead atoms. The molecule has 0 amide bonds. The number of rotatable bonds is 5. The van der Waals surface area contributed by atoms with Gasteiger partial charge < -0.3 is 0 Å². The van der Waals surface area contributed by atoms with E-state index < -0.39 is 0 Å². The first-order valence-corrected chi connectivity index (χ1v) is 14.0. The van der Waals surface area contributed by atoms with Gasteiger partial charge in [0.25, 0.3) is 0 Å². The van der Waals surface area contributed by atoms with Gasteiger partial charge in [-0.3, -0.25) is 0 Å². The minimum atomic E-state index is -0.352. The van der Waals surface area contributed by atoms with E-state index in [1.165, 1.54) is 43.2 Å². The van der Waals surface area contributed by atoms with Crippen LogP contribution in [0.2, 0.25) is 18.1 Å². The monoisotopic (exact) mass is 394 g/mol. The van der Waals surface area contributed by atoms with Crippen LogP contribution in [0.25, 0.3) is 11.1 Å². The normalized spacial score (nSPS) is 28.2. The highest BCUT2D eigenvalue weighted by molar-refractivity contribution is 6.58. The van der Waals surface area contributed by atoms with E-state index in [0.29, 0.717) is 5.92 Å². The summed E-state index contributed by atoms with van der Waals surface area (Å²) in [5.41, 5.74) is 3.93. The molecule has 2 aromatic carbocycles. The van der Waals surface area contributed by atoms with Gasteiger partial charge >= 0.3 is 0 Å². The Labute approximate surface area is 172 Å². The molecule has 0 unspecified atom stereocenters. The molecule has 150 valence electrons. The van der Waals surface area contributed by atoms with Crippen molar-refractivity contribution in [2.24, 2.45) is 11.8 Å². The van der Waals surface area contributed by atoms with Gasteiger partial charge in [-0.1, -0.05) is 80.7 Å². The molecule has 0 spiro atoms. The van der Waals surface area contributed by atoms with Gasteiger partial charge in [-0.15, -0.1) is 0 Å². The number of benzene rings is 2. The van der Waals surface area contributed by atoms with Crippen molar-refractivity contribution in [2.75, 3.05) is 0 Å². The molecule has 0 atom stereocenters. The second-order valence-corrected chi connectivity index (χ2v) is 12.7. The third-order valence-corrected chi connectivity index (χ3v) is 11.3. The fourth-order valence-corrected chi connectivity index (χ4v) is 9.49. The molecular formula is C26H35FSi. The molecule has 2 heteroatoms. The lowest BCUT2D eigenvalue weighted by Gasteiger charge is -2.38. The molecule has 2 aliphatic rings. The summed E-state index contributed by atoms with van der Waals surface area (Å²) >= 11 is 0. The standard InChI is InChI=1S/C26H35FSi/c1-2-17-28-18-15-21(16-19-28)20-7-9-22(10-8-20)25-5-3-4-6-26(25)23-11-13-24(27)14-12-23/h3-6,11-14,20-22,28H,2,7-10,15-19H2,1H3/t20-,21?,22-,28?. The topological polar surface area (TPSA) is 0 Å². The second-order valence-electron chi connectivity index (χ2n) is 9.28. The summed E-state index contributed by atoms with van der Waals surface area (Å²) in [6.45, 7) is 2.37. The van der Waals surface area contributed by atoms with Gasteiger partial charge in [0.2, 0.25) is 0 Å². The predicted octanol–water partition coefficient (Wildman–Crippen LogP) is 7.81. The smallest absolute Gasteiger partial charge is 0.123 e. The molecule has 4 rings (SSSR count). The Morgan fingerprint density at radius 3 is 2.14 bits per heavy atom. The van der Waals surface area contributed by atoms with Crippen LogP contribution in [0.15, 0.2) is 48.5 Å². The molecule has 0 aromatic heterocycles. The van der Waals surface area contributed by atoms with Crippen molar-refractivity contribution >= 4 is 8.80 Å². The van der Waals surface area contributed by atoms with Gasteiger partial charge in [0.15, 0.2) is 0 Å². The Morgan fingerprint density at radius 1 is 0.821 bits per heavy atom. The molecule has 2 aromatic rings. The summed E-state index contributed by atoms with van der Waals surface area (Å²) in [6, 6.07) is 20.7. The fourth-order valence-electron chi connectivity index (χ4n) is 6.00. The SMILES string of the molecule is CCC[SiH]1CCC([C@H]2CC[C@H](c3ccccc3-c3ccc(F)cc3)CC2)CC1. The van der Waals surface area contributed by atoms with Crippen molar-refractivity contribution in [3.63, 3.8) is 0 Å². The lowest BCUT2D eigenvalue weighted by atomic mass is 9.71. The van der Waals surface area contributed by atoms with Crippen LogP contribution in [0.5, 0.6) is 0 Å².